The number of ether oxygens (including phenoxy) is 1. The number of pyridine rings is 1. The van der Waals surface area contributed by atoms with Crippen molar-refractivity contribution in [3.8, 4) is 22.9 Å². The normalized spacial score (nSPS) is 10.4. The minimum atomic E-state index is -0.283. The Morgan fingerprint density at radius 3 is 2.82 bits per heavy atom. The summed E-state index contributed by atoms with van der Waals surface area (Å²) in [6.45, 7) is 1.96. The van der Waals surface area contributed by atoms with Gasteiger partial charge in [0.1, 0.15) is 5.75 Å². The second-order valence-corrected chi connectivity index (χ2v) is 5.93. The Morgan fingerprint density at radius 2 is 2.04 bits per heavy atom. The SMILES string of the molecule is CNc1nccc(-c2cccnc2Oc2cc(C(=O)NCCO)ccc2C)n1. The van der Waals surface area contributed by atoms with E-state index in [0.717, 1.165) is 5.56 Å². The van der Waals surface area contributed by atoms with Crippen molar-refractivity contribution in [1.82, 2.24) is 20.3 Å². The van der Waals surface area contributed by atoms with Gasteiger partial charge in [-0.05, 0) is 42.8 Å². The molecule has 0 unspecified atom stereocenters. The zero-order chi connectivity index (χ0) is 19.9. The molecule has 0 bridgehead atoms. The molecule has 1 amide bonds. The molecule has 0 saturated carbocycles. The number of anilines is 1. The van der Waals surface area contributed by atoms with Gasteiger partial charge in [-0.15, -0.1) is 0 Å². The van der Waals surface area contributed by atoms with Crippen molar-refractivity contribution in [1.29, 1.82) is 0 Å². The summed E-state index contributed by atoms with van der Waals surface area (Å²) >= 11 is 0. The van der Waals surface area contributed by atoms with Crippen LogP contribution in [0.5, 0.6) is 11.6 Å². The fourth-order valence-corrected chi connectivity index (χ4v) is 2.52. The van der Waals surface area contributed by atoms with Crippen molar-refractivity contribution >= 4 is 11.9 Å². The summed E-state index contributed by atoms with van der Waals surface area (Å²) in [7, 11) is 1.75. The molecular weight excluding hydrogens is 358 g/mol. The topological polar surface area (TPSA) is 109 Å². The van der Waals surface area contributed by atoms with E-state index in [1.807, 2.05) is 13.0 Å². The lowest BCUT2D eigenvalue weighted by Crippen LogP contribution is -2.26. The molecule has 144 valence electrons. The summed E-state index contributed by atoms with van der Waals surface area (Å²) in [4.78, 5) is 25.1. The lowest BCUT2D eigenvalue weighted by Gasteiger charge is -2.13. The van der Waals surface area contributed by atoms with Gasteiger partial charge in [0.25, 0.3) is 5.91 Å². The molecule has 0 aliphatic rings. The third-order valence-corrected chi connectivity index (χ3v) is 3.98. The van der Waals surface area contributed by atoms with E-state index in [0.29, 0.717) is 34.4 Å². The maximum atomic E-state index is 12.2. The molecule has 0 fully saturated rings. The van der Waals surface area contributed by atoms with Crippen molar-refractivity contribution in [2.45, 2.75) is 6.92 Å². The summed E-state index contributed by atoms with van der Waals surface area (Å²) in [5.74, 6) is 1.10. The van der Waals surface area contributed by atoms with E-state index in [-0.39, 0.29) is 19.1 Å². The maximum absolute atomic E-state index is 12.2. The van der Waals surface area contributed by atoms with Gasteiger partial charge in [-0.2, -0.15) is 0 Å². The first kappa shape index (κ1) is 19.2. The van der Waals surface area contributed by atoms with Gasteiger partial charge in [-0.3, -0.25) is 4.79 Å². The first-order valence-electron chi connectivity index (χ1n) is 8.76. The number of aryl methyl sites for hydroxylation is 1. The van der Waals surface area contributed by atoms with Crippen LogP contribution in [0, 0.1) is 6.92 Å². The Labute approximate surface area is 162 Å². The van der Waals surface area contributed by atoms with Gasteiger partial charge in [-0.25, -0.2) is 15.0 Å². The minimum absolute atomic E-state index is 0.119. The molecule has 0 saturated heterocycles. The van der Waals surface area contributed by atoms with E-state index in [2.05, 4.69) is 25.6 Å². The smallest absolute Gasteiger partial charge is 0.251 e. The van der Waals surface area contributed by atoms with Gasteiger partial charge in [0.2, 0.25) is 11.8 Å². The van der Waals surface area contributed by atoms with Crippen LogP contribution in [0.4, 0.5) is 5.95 Å². The standard InChI is InChI=1S/C20H21N5O3/c1-13-5-6-14(18(27)22-10-11-26)12-17(13)28-19-15(4-3-8-23-19)16-7-9-24-20(21-2)25-16/h3-9,12,26H,10-11H2,1-2H3,(H,22,27)(H,21,24,25). The highest BCUT2D eigenvalue weighted by molar-refractivity contribution is 5.94. The molecule has 3 N–H and O–H groups in total. The van der Waals surface area contributed by atoms with E-state index in [4.69, 9.17) is 9.84 Å². The molecule has 0 aliphatic heterocycles. The molecule has 2 heterocycles. The van der Waals surface area contributed by atoms with Gasteiger partial charge in [-0.1, -0.05) is 6.07 Å². The summed E-state index contributed by atoms with van der Waals surface area (Å²) in [6, 6.07) is 10.6. The number of hydrogen-bond donors (Lipinski definition) is 3. The van der Waals surface area contributed by atoms with Crippen molar-refractivity contribution in [3.05, 3.63) is 59.9 Å². The minimum Gasteiger partial charge on any atom is -0.438 e. The van der Waals surface area contributed by atoms with Crippen LogP contribution in [0.2, 0.25) is 0 Å². The van der Waals surface area contributed by atoms with Gasteiger partial charge in [0.15, 0.2) is 0 Å². The highest BCUT2D eigenvalue weighted by Crippen LogP contribution is 2.32. The fourth-order valence-electron chi connectivity index (χ4n) is 2.52. The summed E-state index contributed by atoms with van der Waals surface area (Å²) in [6.07, 6.45) is 3.29. The van der Waals surface area contributed by atoms with Crippen LogP contribution in [0.25, 0.3) is 11.3 Å². The van der Waals surface area contributed by atoms with Crippen LogP contribution >= 0.6 is 0 Å². The van der Waals surface area contributed by atoms with E-state index in [9.17, 15) is 4.79 Å². The number of benzene rings is 1. The quantitative estimate of drug-likeness (QED) is 0.578. The van der Waals surface area contributed by atoms with Crippen LogP contribution in [-0.4, -0.2) is 46.2 Å². The number of carbonyl (C=O) groups excluding carboxylic acids is 1. The van der Waals surface area contributed by atoms with E-state index < -0.39 is 0 Å². The molecule has 0 radical (unpaired) electrons. The number of nitrogens with zero attached hydrogens (tertiary/aromatic N) is 3. The maximum Gasteiger partial charge on any atom is 0.251 e. The molecule has 0 atom stereocenters. The first-order valence-corrected chi connectivity index (χ1v) is 8.76. The van der Waals surface area contributed by atoms with Crippen LogP contribution in [-0.2, 0) is 0 Å². The van der Waals surface area contributed by atoms with E-state index in [1.54, 1.807) is 49.8 Å². The lowest BCUT2D eigenvalue weighted by molar-refractivity contribution is 0.0944. The molecule has 3 rings (SSSR count). The molecule has 3 aromatic rings. The number of hydrogen-bond acceptors (Lipinski definition) is 7. The number of amides is 1. The molecule has 28 heavy (non-hydrogen) atoms. The summed E-state index contributed by atoms with van der Waals surface area (Å²) in [5, 5.41) is 14.4. The second-order valence-electron chi connectivity index (χ2n) is 5.93. The Hall–Kier alpha value is -3.52. The number of aliphatic hydroxyl groups excluding tert-OH is 1. The zero-order valence-electron chi connectivity index (χ0n) is 15.6. The number of rotatable bonds is 7. The molecule has 1 aromatic carbocycles. The molecule has 0 aliphatic carbocycles. The third kappa shape index (κ3) is 4.41. The van der Waals surface area contributed by atoms with Crippen LogP contribution in [0.1, 0.15) is 15.9 Å². The lowest BCUT2D eigenvalue weighted by atomic mass is 10.1. The summed E-state index contributed by atoms with van der Waals surface area (Å²) < 4.78 is 6.04. The van der Waals surface area contributed by atoms with Crippen LogP contribution in [0.15, 0.2) is 48.8 Å². The number of aliphatic hydroxyl groups is 1. The average Bonchev–Trinajstić information content (AvgIpc) is 2.74. The first-order chi connectivity index (χ1) is 13.6. The molecule has 0 spiro atoms. The molecular formula is C20H21N5O3. The molecule has 8 heteroatoms. The zero-order valence-corrected chi connectivity index (χ0v) is 15.6. The van der Waals surface area contributed by atoms with Crippen molar-refractivity contribution in [2.24, 2.45) is 0 Å². The Bertz CT molecular complexity index is 978. The fraction of sp³-hybridized carbons (Fsp3) is 0.200. The predicted molar refractivity (Wildman–Crippen MR) is 105 cm³/mol. The predicted octanol–water partition coefficient (Wildman–Crippen LogP) is 2.40. The number of carbonyl (C=O) groups is 1. The van der Waals surface area contributed by atoms with Crippen molar-refractivity contribution < 1.29 is 14.6 Å². The van der Waals surface area contributed by atoms with Gasteiger partial charge < -0.3 is 20.5 Å². The number of nitrogens with one attached hydrogen (secondary N) is 2. The van der Waals surface area contributed by atoms with Crippen LogP contribution < -0.4 is 15.4 Å². The van der Waals surface area contributed by atoms with E-state index >= 15 is 0 Å². The van der Waals surface area contributed by atoms with Gasteiger partial charge >= 0.3 is 0 Å². The van der Waals surface area contributed by atoms with Gasteiger partial charge in [0, 0.05) is 31.5 Å². The monoisotopic (exact) mass is 379 g/mol. The average molecular weight is 379 g/mol. The summed E-state index contributed by atoms with van der Waals surface area (Å²) in [5.41, 5.74) is 2.66. The largest absolute Gasteiger partial charge is 0.438 e. The highest BCUT2D eigenvalue weighted by atomic mass is 16.5. The third-order valence-electron chi connectivity index (χ3n) is 3.98. The second kappa shape index (κ2) is 8.92. The molecule has 8 nitrogen and oxygen atoms in total. The van der Waals surface area contributed by atoms with Crippen LogP contribution in [0.3, 0.4) is 0 Å². The van der Waals surface area contributed by atoms with E-state index in [1.165, 1.54) is 0 Å². The van der Waals surface area contributed by atoms with Crippen molar-refractivity contribution in [3.63, 3.8) is 0 Å². The van der Waals surface area contributed by atoms with Gasteiger partial charge in [0.05, 0.1) is 17.9 Å². The Kier molecular flexibility index (Phi) is 6.13. The Morgan fingerprint density at radius 1 is 1.18 bits per heavy atom. The number of aromatic nitrogens is 3. The Balaban J connectivity index is 1.93. The highest BCUT2D eigenvalue weighted by Gasteiger charge is 2.14. The molecule has 2 aromatic heterocycles. The van der Waals surface area contributed by atoms with Crippen molar-refractivity contribution in [2.75, 3.05) is 25.5 Å².